The summed E-state index contributed by atoms with van der Waals surface area (Å²) in [6, 6.07) is 8.45. The Bertz CT molecular complexity index is 477. The topological polar surface area (TPSA) is 12.9 Å². The Labute approximate surface area is 104 Å². The minimum atomic E-state index is 1.23. The van der Waals surface area contributed by atoms with Crippen molar-refractivity contribution in [2.75, 3.05) is 0 Å². The van der Waals surface area contributed by atoms with Gasteiger partial charge in [0, 0.05) is 16.0 Å². The molecule has 0 aliphatic carbocycles. The minimum absolute atomic E-state index is 1.23. The second kappa shape index (κ2) is 4.31. The number of pyridine rings is 1. The van der Waals surface area contributed by atoms with Crippen LogP contribution in [0.15, 0.2) is 36.7 Å². The monoisotopic (exact) mass is 309 g/mol. The van der Waals surface area contributed by atoms with Crippen LogP contribution in [0.1, 0.15) is 11.1 Å². The van der Waals surface area contributed by atoms with E-state index in [2.05, 4.69) is 53.6 Å². The van der Waals surface area contributed by atoms with Gasteiger partial charge in [-0.25, -0.2) is 0 Å². The lowest BCUT2D eigenvalue weighted by Gasteiger charge is -2.09. The molecule has 0 amide bonds. The molecule has 1 nitrogen and oxygen atoms in total. The average Bonchev–Trinajstić information content (AvgIpc) is 2.27. The van der Waals surface area contributed by atoms with Crippen LogP contribution in [0.5, 0.6) is 0 Å². The maximum atomic E-state index is 4.04. The van der Waals surface area contributed by atoms with E-state index >= 15 is 0 Å². The largest absolute Gasteiger partial charge is 0.265 e. The number of hydrogen-bond acceptors (Lipinski definition) is 1. The molecular formula is C13H12IN. The van der Waals surface area contributed by atoms with Crippen molar-refractivity contribution >= 4 is 22.6 Å². The Morgan fingerprint density at radius 3 is 2.33 bits per heavy atom. The third kappa shape index (κ3) is 2.04. The van der Waals surface area contributed by atoms with E-state index in [0.29, 0.717) is 0 Å². The molecule has 1 aromatic carbocycles. The molecule has 0 bridgehead atoms. The van der Waals surface area contributed by atoms with E-state index in [9.17, 15) is 0 Å². The van der Waals surface area contributed by atoms with Gasteiger partial charge in [-0.3, -0.25) is 4.98 Å². The SMILES string of the molecule is Cc1ccc(-c2ccncc2)c(I)c1C. The fraction of sp³-hybridized carbons (Fsp3) is 0.154. The van der Waals surface area contributed by atoms with E-state index in [1.165, 1.54) is 25.8 Å². The quantitative estimate of drug-likeness (QED) is 0.726. The maximum Gasteiger partial charge on any atom is 0.0273 e. The summed E-state index contributed by atoms with van der Waals surface area (Å²) in [5, 5.41) is 0. The van der Waals surface area contributed by atoms with Crippen molar-refractivity contribution in [1.29, 1.82) is 0 Å². The first-order valence-corrected chi connectivity index (χ1v) is 5.94. The summed E-state index contributed by atoms with van der Waals surface area (Å²) in [5.41, 5.74) is 5.24. The molecule has 0 aliphatic heterocycles. The molecule has 0 atom stereocenters. The first kappa shape index (κ1) is 10.6. The molecule has 0 spiro atoms. The highest BCUT2D eigenvalue weighted by Crippen LogP contribution is 2.28. The summed E-state index contributed by atoms with van der Waals surface area (Å²) < 4.78 is 1.33. The smallest absolute Gasteiger partial charge is 0.0273 e. The first-order valence-electron chi connectivity index (χ1n) is 4.86. The van der Waals surface area contributed by atoms with Crippen LogP contribution in [0.25, 0.3) is 11.1 Å². The maximum absolute atomic E-state index is 4.04. The molecule has 0 unspecified atom stereocenters. The van der Waals surface area contributed by atoms with E-state index in [1.54, 1.807) is 0 Å². The molecule has 1 aromatic heterocycles. The zero-order chi connectivity index (χ0) is 10.8. The molecule has 0 aliphatic rings. The van der Waals surface area contributed by atoms with E-state index in [-0.39, 0.29) is 0 Å². The van der Waals surface area contributed by atoms with Gasteiger partial charge in [0.05, 0.1) is 0 Å². The summed E-state index contributed by atoms with van der Waals surface area (Å²) in [5.74, 6) is 0. The summed E-state index contributed by atoms with van der Waals surface area (Å²) in [6.45, 7) is 4.32. The first-order chi connectivity index (χ1) is 7.20. The molecule has 0 N–H and O–H groups in total. The number of aromatic nitrogens is 1. The van der Waals surface area contributed by atoms with Crippen molar-refractivity contribution < 1.29 is 0 Å². The van der Waals surface area contributed by atoms with Crippen molar-refractivity contribution in [3.05, 3.63) is 51.4 Å². The number of hydrogen-bond donors (Lipinski definition) is 0. The Morgan fingerprint density at radius 1 is 1.00 bits per heavy atom. The lowest BCUT2D eigenvalue weighted by Crippen LogP contribution is -1.90. The van der Waals surface area contributed by atoms with Crippen LogP contribution in [0.2, 0.25) is 0 Å². The number of benzene rings is 1. The third-order valence-corrected chi connectivity index (χ3v) is 4.04. The van der Waals surface area contributed by atoms with Crippen LogP contribution in [0, 0.1) is 17.4 Å². The second-order valence-corrected chi connectivity index (χ2v) is 4.68. The molecule has 2 heteroatoms. The van der Waals surface area contributed by atoms with Crippen molar-refractivity contribution in [3.8, 4) is 11.1 Å². The van der Waals surface area contributed by atoms with Crippen LogP contribution in [0.4, 0.5) is 0 Å². The zero-order valence-electron chi connectivity index (χ0n) is 8.79. The number of rotatable bonds is 1. The van der Waals surface area contributed by atoms with Crippen molar-refractivity contribution in [2.45, 2.75) is 13.8 Å². The Morgan fingerprint density at radius 2 is 1.67 bits per heavy atom. The van der Waals surface area contributed by atoms with E-state index in [4.69, 9.17) is 0 Å². The van der Waals surface area contributed by atoms with Crippen LogP contribution in [-0.4, -0.2) is 4.98 Å². The Hall–Kier alpha value is -0.900. The molecule has 1 heterocycles. The van der Waals surface area contributed by atoms with E-state index in [1.807, 2.05) is 24.5 Å². The summed E-state index contributed by atoms with van der Waals surface area (Å²) >= 11 is 2.41. The number of nitrogens with zero attached hydrogens (tertiary/aromatic N) is 1. The molecule has 0 radical (unpaired) electrons. The van der Waals surface area contributed by atoms with Crippen LogP contribution in [-0.2, 0) is 0 Å². The predicted molar refractivity (Wildman–Crippen MR) is 71.9 cm³/mol. The van der Waals surface area contributed by atoms with Gasteiger partial charge in [-0.05, 0) is 70.8 Å². The van der Waals surface area contributed by atoms with Gasteiger partial charge < -0.3 is 0 Å². The number of halogens is 1. The van der Waals surface area contributed by atoms with E-state index in [0.717, 1.165) is 0 Å². The summed E-state index contributed by atoms with van der Waals surface area (Å²) in [4.78, 5) is 4.04. The van der Waals surface area contributed by atoms with Crippen LogP contribution in [0.3, 0.4) is 0 Å². The second-order valence-electron chi connectivity index (χ2n) is 3.60. The van der Waals surface area contributed by atoms with Crippen molar-refractivity contribution in [2.24, 2.45) is 0 Å². The number of aryl methyl sites for hydroxylation is 1. The lowest BCUT2D eigenvalue weighted by atomic mass is 10.0. The van der Waals surface area contributed by atoms with E-state index < -0.39 is 0 Å². The normalized spacial score (nSPS) is 10.3. The molecule has 76 valence electrons. The van der Waals surface area contributed by atoms with Crippen LogP contribution < -0.4 is 0 Å². The molecule has 2 rings (SSSR count). The van der Waals surface area contributed by atoms with Crippen molar-refractivity contribution in [3.63, 3.8) is 0 Å². The van der Waals surface area contributed by atoms with Gasteiger partial charge in [0.1, 0.15) is 0 Å². The lowest BCUT2D eigenvalue weighted by molar-refractivity contribution is 1.30. The summed E-state index contributed by atoms with van der Waals surface area (Å²) in [7, 11) is 0. The van der Waals surface area contributed by atoms with Gasteiger partial charge in [-0.2, -0.15) is 0 Å². The van der Waals surface area contributed by atoms with Gasteiger partial charge in [0.25, 0.3) is 0 Å². The van der Waals surface area contributed by atoms with Gasteiger partial charge in [-0.15, -0.1) is 0 Å². The fourth-order valence-corrected chi connectivity index (χ4v) is 2.45. The van der Waals surface area contributed by atoms with Gasteiger partial charge >= 0.3 is 0 Å². The molecule has 0 saturated heterocycles. The fourth-order valence-electron chi connectivity index (χ4n) is 1.54. The Balaban J connectivity index is 2.60. The van der Waals surface area contributed by atoms with Gasteiger partial charge in [0.2, 0.25) is 0 Å². The standard InChI is InChI=1S/C13H12IN/c1-9-3-4-12(13(14)10(9)2)11-5-7-15-8-6-11/h3-8H,1-2H3. The van der Waals surface area contributed by atoms with Crippen molar-refractivity contribution in [1.82, 2.24) is 4.98 Å². The summed E-state index contributed by atoms with van der Waals surface area (Å²) in [6.07, 6.45) is 3.67. The highest BCUT2D eigenvalue weighted by atomic mass is 127. The third-order valence-electron chi connectivity index (χ3n) is 2.65. The van der Waals surface area contributed by atoms with Gasteiger partial charge in [-0.1, -0.05) is 12.1 Å². The molecule has 15 heavy (non-hydrogen) atoms. The highest BCUT2D eigenvalue weighted by molar-refractivity contribution is 14.1. The molecule has 2 aromatic rings. The highest BCUT2D eigenvalue weighted by Gasteiger charge is 2.06. The molecule has 0 saturated carbocycles. The van der Waals surface area contributed by atoms with Gasteiger partial charge in [0.15, 0.2) is 0 Å². The minimum Gasteiger partial charge on any atom is -0.265 e. The zero-order valence-corrected chi connectivity index (χ0v) is 10.9. The average molecular weight is 309 g/mol. The molecule has 0 fully saturated rings. The van der Waals surface area contributed by atoms with Crippen LogP contribution >= 0.6 is 22.6 Å². The molecular weight excluding hydrogens is 297 g/mol. The predicted octanol–water partition coefficient (Wildman–Crippen LogP) is 3.97. The Kier molecular flexibility index (Phi) is 3.05.